The maximum Gasteiger partial charge on any atom is 0.376 e. The Morgan fingerprint density at radius 2 is 2.00 bits per heavy atom. The highest BCUT2D eigenvalue weighted by Gasteiger charge is 2.10. The molecule has 0 atom stereocenters. The molecule has 8 nitrogen and oxygen atoms in total. The molecule has 0 N–H and O–H groups in total. The van der Waals surface area contributed by atoms with Crippen molar-refractivity contribution >= 4 is 11.7 Å². The SMILES string of the molecule is CCn1nnn2c(=O)nc(N(C)C)nc12. The Morgan fingerprint density at radius 3 is 2.60 bits per heavy atom. The van der Waals surface area contributed by atoms with E-state index in [9.17, 15) is 4.79 Å². The van der Waals surface area contributed by atoms with Crippen LogP contribution in [0.25, 0.3) is 5.78 Å². The molecule has 0 aliphatic carbocycles. The van der Waals surface area contributed by atoms with Crippen LogP contribution in [0, 0.1) is 0 Å². The number of rotatable bonds is 2. The van der Waals surface area contributed by atoms with Crippen LogP contribution in [0.1, 0.15) is 6.92 Å². The van der Waals surface area contributed by atoms with Crippen molar-refractivity contribution < 1.29 is 0 Å². The van der Waals surface area contributed by atoms with Crippen molar-refractivity contribution in [2.24, 2.45) is 0 Å². The third kappa shape index (κ3) is 1.43. The Kier molecular flexibility index (Phi) is 2.10. The molecule has 0 bridgehead atoms. The van der Waals surface area contributed by atoms with Gasteiger partial charge in [0.1, 0.15) is 0 Å². The lowest BCUT2D eigenvalue weighted by Gasteiger charge is -2.08. The number of aryl methyl sites for hydroxylation is 1. The summed E-state index contributed by atoms with van der Waals surface area (Å²) in [5.74, 6) is 0.762. The van der Waals surface area contributed by atoms with Crippen molar-refractivity contribution in [3.63, 3.8) is 0 Å². The van der Waals surface area contributed by atoms with Gasteiger partial charge in [-0.15, -0.1) is 4.52 Å². The van der Waals surface area contributed by atoms with Crippen LogP contribution in [0.5, 0.6) is 0 Å². The van der Waals surface area contributed by atoms with Crippen LogP contribution in [0.4, 0.5) is 5.95 Å². The van der Waals surface area contributed by atoms with Crippen LogP contribution in [-0.2, 0) is 6.54 Å². The van der Waals surface area contributed by atoms with Gasteiger partial charge < -0.3 is 4.90 Å². The fourth-order valence-corrected chi connectivity index (χ4v) is 1.16. The average Bonchev–Trinajstić information content (AvgIpc) is 2.60. The van der Waals surface area contributed by atoms with Gasteiger partial charge in [-0.1, -0.05) is 0 Å². The first-order valence-electron chi connectivity index (χ1n) is 4.51. The number of aromatic nitrogens is 6. The summed E-state index contributed by atoms with van der Waals surface area (Å²) < 4.78 is 2.62. The molecule has 0 aliphatic rings. The van der Waals surface area contributed by atoms with E-state index in [1.807, 2.05) is 6.92 Å². The van der Waals surface area contributed by atoms with Gasteiger partial charge in [0.05, 0.1) is 0 Å². The van der Waals surface area contributed by atoms with Gasteiger partial charge in [-0.2, -0.15) is 9.97 Å². The zero-order valence-corrected chi connectivity index (χ0v) is 8.75. The summed E-state index contributed by atoms with van der Waals surface area (Å²) in [5.41, 5.74) is -0.469. The summed E-state index contributed by atoms with van der Waals surface area (Å²) in [7, 11) is 3.54. The van der Waals surface area contributed by atoms with E-state index >= 15 is 0 Å². The van der Waals surface area contributed by atoms with Crippen molar-refractivity contribution in [1.29, 1.82) is 0 Å². The van der Waals surface area contributed by atoms with Crippen molar-refractivity contribution in [2.75, 3.05) is 19.0 Å². The van der Waals surface area contributed by atoms with E-state index in [1.165, 1.54) is 4.68 Å². The molecule has 0 saturated carbocycles. The molecule has 2 aromatic rings. The first-order chi connectivity index (χ1) is 7.13. The fraction of sp³-hybridized carbons (Fsp3) is 0.571. The van der Waals surface area contributed by atoms with E-state index in [1.54, 1.807) is 19.0 Å². The minimum absolute atomic E-state index is 0.358. The molecule has 8 heteroatoms. The summed E-state index contributed by atoms with van der Waals surface area (Å²) in [6.07, 6.45) is 0. The van der Waals surface area contributed by atoms with E-state index in [4.69, 9.17) is 0 Å². The lowest BCUT2D eigenvalue weighted by molar-refractivity contribution is 0.634. The van der Waals surface area contributed by atoms with E-state index in [2.05, 4.69) is 20.4 Å². The summed E-state index contributed by atoms with van der Waals surface area (Å²) in [5, 5.41) is 7.45. The third-order valence-corrected chi connectivity index (χ3v) is 1.93. The third-order valence-electron chi connectivity index (χ3n) is 1.93. The van der Waals surface area contributed by atoms with Gasteiger partial charge in [0.25, 0.3) is 5.78 Å². The quantitative estimate of drug-likeness (QED) is 0.615. The minimum atomic E-state index is -0.469. The molecule has 80 valence electrons. The Hall–Kier alpha value is -1.99. The van der Waals surface area contributed by atoms with Gasteiger partial charge in [-0.25, -0.2) is 9.48 Å². The van der Waals surface area contributed by atoms with Crippen LogP contribution >= 0.6 is 0 Å². The normalized spacial score (nSPS) is 10.9. The van der Waals surface area contributed by atoms with Gasteiger partial charge in [0.15, 0.2) is 0 Å². The molecule has 0 radical (unpaired) electrons. The number of nitrogens with zero attached hydrogens (tertiary/aromatic N) is 7. The van der Waals surface area contributed by atoms with Gasteiger partial charge in [-0.05, 0) is 17.4 Å². The smallest absolute Gasteiger partial charge is 0.347 e. The molecule has 0 unspecified atom stereocenters. The molecule has 2 heterocycles. The lowest BCUT2D eigenvalue weighted by atomic mass is 10.7. The van der Waals surface area contributed by atoms with Crippen LogP contribution in [0.15, 0.2) is 4.79 Å². The predicted molar refractivity (Wildman–Crippen MR) is 52.8 cm³/mol. The Balaban J connectivity index is 2.77. The largest absolute Gasteiger partial charge is 0.376 e. The monoisotopic (exact) mass is 209 g/mol. The number of fused-ring (bicyclic) bond motifs is 1. The van der Waals surface area contributed by atoms with E-state index in [0.29, 0.717) is 18.3 Å². The first kappa shape index (κ1) is 9.56. The van der Waals surface area contributed by atoms with Gasteiger partial charge in [-0.3, -0.25) is 0 Å². The Bertz CT molecular complexity index is 540. The molecule has 2 aromatic heterocycles. The summed E-state index contributed by atoms with van der Waals surface area (Å²) in [4.78, 5) is 21.1. The fourth-order valence-electron chi connectivity index (χ4n) is 1.16. The molecule has 0 fully saturated rings. The highest BCUT2D eigenvalue weighted by atomic mass is 16.1. The molecule has 0 saturated heterocycles. The first-order valence-corrected chi connectivity index (χ1v) is 4.51. The van der Waals surface area contributed by atoms with E-state index in [0.717, 1.165) is 4.52 Å². The van der Waals surface area contributed by atoms with Gasteiger partial charge >= 0.3 is 5.69 Å². The predicted octanol–water partition coefficient (Wildman–Crippen LogP) is -1.23. The number of hydrogen-bond donors (Lipinski definition) is 0. The second kappa shape index (κ2) is 3.30. The van der Waals surface area contributed by atoms with E-state index in [-0.39, 0.29) is 0 Å². The second-order valence-corrected chi connectivity index (χ2v) is 3.21. The highest BCUT2D eigenvalue weighted by molar-refractivity contribution is 5.35. The van der Waals surface area contributed by atoms with Crippen LogP contribution in [0.3, 0.4) is 0 Å². The topological polar surface area (TPSA) is 81.2 Å². The Morgan fingerprint density at radius 1 is 1.27 bits per heavy atom. The van der Waals surface area contributed by atoms with Gasteiger partial charge in [0, 0.05) is 20.6 Å². The number of tetrazole rings is 1. The van der Waals surface area contributed by atoms with Gasteiger partial charge in [0.2, 0.25) is 5.95 Å². The minimum Gasteiger partial charge on any atom is -0.347 e. The van der Waals surface area contributed by atoms with Crippen LogP contribution < -0.4 is 10.6 Å². The van der Waals surface area contributed by atoms with Crippen LogP contribution in [-0.4, -0.2) is 43.7 Å². The summed E-state index contributed by atoms with van der Waals surface area (Å²) in [6.45, 7) is 2.50. The molecule has 0 aliphatic heterocycles. The van der Waals surface area contributed by atoms with Crippen molar-refractivity contribution in [3.05, 3.63) is 10.5 Å². The summed E-state index contributed by atoms with van der Waals surface area (Å²) in [6, 6.07) is 0. The molecular formula is C7H11N7O. The molecule has 0 amide bonds. The van der Waals surface area contributed by atoms with Crippen molar-refractivity contribution in [1.82, 2.24) is 29.6 Å². The molecule has 15 heavy (non-hydrogen) atoms. The maximum absolute atomic E-state index is 11.5. The standard InChI is InChI=1S/C7H11N7O/c1-4-13-6-8-5(12(2)3)9-7(15)14(6)11-10-13/h4H2,1-3H3. The molecule has 0 spiro atoms. The average molecular weight is 209 g/mol. The van der Waals surface area contributed by atoms with Crippen molar-refractivity contribution in [3.8, 4) is 0 Å². The number of anilines is 1. The molecule has 0 aromatic carbocycles. The number of hydrogen-bond acceptors (Lipinski definition) is 6. The van der Waals surface area contributed by atoms with Crippen molar-refractivity contribution in [2.45, 2.75) is 13.5 Å². The maximum atomic E-state index is 11.5. The lowest BCUT2D eigenvalue weighted by Crippen LogP contribution is -2.24. The second-order valence-electron chi connectivity index (χ2n) is 3.21. The molecule has 2 rings (SSSR count). The van der Waals surface area contributed by atoms with E-state index < -0.39 is 5.69 Å². The Labute approximate surface area is 85.1 Å². The summed E-state index contributed by atoms with van der Waals surface area (Å²) >= 11 is 0. The molecular weight excluding hydrogens is 198 g/mol. The zero-order valence-electron chi connectivity index (χ0n) is 8.75. The zero-order chi connectivity index (χ0) is 11.0. The van der Waals surface area contributed by atoms with Crippen LogP contribution in [0.2, 0.25) is 0 Å². The highest BCUT2D eigenvalue weighted by Crippen LogP contribution is 2.00.